The Hall–Kier alpha value is -1.99. The third-order valence-corrected chi connectivity index (χ3v) is 4.15. The van der Waals surface area contributed by atoms with Gasteiger partial charge in [0.2, 0.25) is 0 Å². The number of hydrogen-bond acceptors (Lipinski definition) is 5. The van der Waals surface area contributed by atoms with Crippen molar-refractivity contribution in [1.82, 2.24) is 15.5 Å². The largest absolute Gasteiger partial charge is 0.493 e. The van der Waals surface area contributed by atoms with Gasteiger partial charge in [-0.25, -0.2) is 4.99 Å². The Morgan fingerprint density at radius 2 is 1.81 bits per heavy atom. The van der Waals surface area contributed by atoms with Gasteiger partial charge in [-0.15, -0.1) is 0 Å². The number of methoxy groups -OCH3 is 2. The molecule has 27 heavy (non-hydrogen) atoms. The lowest BCUT2D eigenvalue weighted by atomic mass is 10.2. The molecule has 0 radical (unpaired) electrons. The van der Waals surface area contributed by atoms with E-state index in [0.29, 0.717) is 26.3 Å². The van der Waals surface area contributed by atoms with Crippen LogP contribution in [0.15, 0.2) is 23.2 Å². The molecule has 0 bridgehead atoms. The van der Waals surface area contributed by atoms with E-state index in [1.165, 1.54) is 0 Å². The van der Waals surface area contributed by atoms with Gasteiger partial charge in [-0.05, 0) is 37.7 Å². The zero-order valence-electron chi connectivity index (χ0n) is 17.5. The van der Waals surface area contributed by atoms with Crippen molar-refractivity contribution in [2.24, 2.45) is 4.99 Å². The lowest BCUT2D eigenvalue weighted by Gasteiger charge is -2.19. The van der Waals surface area contributed by atoms with E-state index in [4.69, 9.17) is 14.2 Å². The summed E-state index contributed by atoms with van der Waals surface area (Å²) in [5.41, 5.74) is 1.06. The second kappa shape index (κ2) is 14.1. The predicted molar refractivity (Wildman–Crippen MR) is 111 cm³/mol. The summed E-state index contributed by atoms with van der Waals surface area (Å²) >= 11 is 0. The highest BCUT2D eigenvalue weighted by molar-refractivity contribution is 5.79. The Morgan fingerprint density at radius 3 is 2.44 bits per heavy atom. The van der Waals surface area contributed by atoms with Crippen molar-refractivity contribution < 1.29 is 14.2 Å². The molecule has 0 saturated carbocycles. The number of rotatable bonds is 13. The van der Waals surface area contributed by atoms with Gasteiger partial charge in [0.05, 0.1) is 20.3 Å². The SMILES string of the molecule is CCNC(=NCc1ccc(OCCN(CC)CC)c(OC)c1)NCCOC. The molecule has 7 nitrogen and oxygen atoms in total. The first-order valence-corrected chi connectivity index (χ1v) is 9.71. The monoisotopic (exact) mass is 380 g/mol. The van der Waals surface area contributed by atoms with Gasteiger partial charge in [0.15, 0.2) is 17.5 Å². The average Bonchev–Trinajstić information content (AvgIpc) is 2.70. The highest BCUT2D eigenvalue weighted by atomic mass is 16.5. The third kappa shape index (κ3) is 8.97. The molecular weight excluding hydrogens is 344 g/mol. The van der Waals surface area contributed by atoms with Gasteiger partial charge in [-0.2, -0.15) is 0 Å². The molecule has 0 aliphatic heterocycles. The molecule has 0 aromatic heterocycles. The van der Waals surface area contributed by atoms with Crippen LogP contribution < -0.4 is 20.1 Å². The Kier molecular flexibility index (Phi) is 12.1. The van der Waals surface area contributed by atoms with Crippen molar-refractivity contribution in [3.8, 4) is 11.5 Å². The predicted octanol–water partition coefficient (Wildman–Crippen LogP) is 2.12. The van der Waals surface area contributed by atoms with E-state index in [-0.39, 0.29) is 0 Å². The topological polar surface area (TPSA) is 67.4 Å². The van der Waals surface area contributed by atoms with E-state index in [9.17, 15) is 0 Å². The molecule has 1 rings (SSSR count). The minimum absolute atomic E-state index is 0.554. The van der Waals surface area contributed by atoms with Crippen LogP contribution in [0.5, 0.6) is 11.5 Å². The second-order valence-corrected chi connectivity index (χ2v) is 5.98. The maximum Gasteiger partial charge on any atom is 0.191 e. The first kappa shape index (κ1) is 23.0. The highest BCUT2D eigenvalue weighted by Gasteiger charge is 2.07. The number of likely N-dealkylation sites (N-methyl/N-ethyl adjacent to an activating group) is 1. The lowest BCUT2D eigenvalue weighted by Crippen LogP contribution is -2.38. The molecule has 0 fully saturated rings. The van der Waals surface area contributed by atoms with Crippen molar-refractivity contribution in [3.05, 3.63) is 23.8 Å². The molecule has 0 unspecified atom stereocenters. The molecule has 0 spiro atoms. The van der Waals surface area contributed by atoms with Crippen LogP contribution in [0.3, 0.4) is 0 Å². The van der Waals surface area contributed by atoms with Crippen molar-refractivity contribution in [3.63, 3.8) is 0 Å². The molecule has 0 aliphatic rings. The van der Waals surface area contributed by atoms with E-state index >= 15 is 0 Å². The molecular formula is C20H36N4O3. The van der Waals surface area contributed by atoms with Gasteiger partial charge in [-0.1, -0.05) is 19.9 Å². The van der Waals surface area contributed by atoms with Crippen LogP contribution in [0.4, 0.5) is 0 Å². The first-order chi connectivity index (χ1) is 13.2. The number of aliphatic imine (C=N–C) groups is 1. The molecule has 0 saturated heterocycles. The van der Waals surface area contributed by atoms with Crippen LogP contribution in [0.2, 0.25) is 0 Å². The minimum Gasteiger partial charge on any atom is -0.493 e. The fourth-order valence-electron chi connectivity index (χ4n) is 2.54. The standard InChI is InChI=1S/C20H36N4O3/c1-6-21-20(22-11-13-25-4)23-16-17-9-10-18(19(15-17)26-5)27-14-12-24(7-2)8-3/h9-10,15H,6-8,11-14,16H2,1-5H3,(H2,21,22,23). The Bertz CT molecular complexity index is 548. The molecule has 0 heterocycles. The van der Waals surface area contributed by atoms with Gasteiger partial charge in [0, 0.05) is 26.7 Å². The fourth-order valence-corrected chi connectivity index (χ4v) is 2.54. The van der Waals surface area contributed by atoms with Crippen LogP contribution in [0, 0.1) is 0 Å². The summed E-state index contributed by atoms with van der Waals surface area (Å²) in [4.78, 5) is 6.93. The van der Waals surface area contributed by atoms with Crippen molar-refractivity contribution in [2.45, 2.75) is 27.3 Å². The Balaban J connectivity index is 2.67. The average molecular weight is 381 g/mol. The Morgan fingerprint density at radius 1 is 1.04 bits per heavy atom. The molecule has 7 heteroatoms. The third-order valence-electron chi connectivity index (χ3n) is 4.15. The van der Waals surface area contributed by atoms with Crippen molar-refractivity contribution >= 4 is 5.96 Å². The van der Waals surface area contributed by atoms with E-state index in [0.717, 1.165) is 49.2 Å². The summed E-state index contributed by atoms with van der Waals surface area (Å²) in [6.45, 7) is 12.7. The molecule has 1 aromatic rings. The maximum atomic E-state index is 5.91. The fraction of sp³-hybridized carbons (Fsp3) is 0.650. The molecule has 154 valence electrons. The lowest BCUT2D eigenvalue weighted by molar-refractivity contribution is 0.203. The molecule has 2 N–H and O–H groups in total. The van der Waals surface area contributed by atoms with Gasteiger partial charge in [-0.3, -0.25) is 0 Å². The first-order valence-electron chi connectivity index (χ1n) is 9.71. The van der Waals surface area contributed by atoms with E-state index in [2.05, 4.69) is 34.4 Å². The van der Waals surface area contributed by atoms with Gasteiger partial charge < -0.3 is 29.7 Å². The normalized spacial score (nSPS) is 11.6. The summed E-state index contributed by atoms with van der Waals surface area (Å²) in [5.74, 6) is 2.27. The zero-order chi connectivity index (χ0) is 19.9. The van der Waals surface area contributed by atoms with E-state index in [1.54, 1.807) is 14.2 Å². The van der Waals surface area contributed by atoms with E-state index in [1.807, 2.05) is 25.1 Å². The van der Waals surface area contributed by atoms with E-state index < -0.39 is 0 Å². The van der Waals surface area contributed by atoms with Crippen molar-refractivity contribution in [2.75, 3.05) is 60.2 Å². The molecule has 0 amide bonds. The smallest absolute Gasteiger partial charge is 0.191 e. The Labute approximate surface area is 164 Å². The van der Waals surface area contributed by atoms with Crippen LogP contribution >= 0.6 is 0 Å². The van der Waals surface area contributed by atoms with Crippen LogP contribution in [0.25, 0.3) is 0 Å². The maximum absolute atomic E-state index is 5.91. The molecule has 0 atom stereocenters. The van der Waals surface area contributed by atoms with Crippen LogP contribution in [-0.2, 0) is 11.3 Å². The minimum atomic E-state index is 0.554. The number of nitrogens with one attached hydrogen (secondary N) is 2. The van der Waals surface area contributed by atoms with Gasteiger partial charge >= 0.3 is 0 Å². The highest BCUT2D eigenvalue weighted by Crippen LogP contribution is 2.28. The number of nitrogens with zero attached hydrogens (tertiary/aromatic N) is 2. The van der Waals surface area contributed by atoms with Gasteiger partial charge in [0.25, 0.3) is 0 Å². The number of guanidine groups is 1. The molecule has 1 aromatic carbocycles. The number of ether oxygens (including phenoxy) is 3. The second-order valence-electron chi connectivity index (χ2n) is 5.98. The summed E-state index contributed by atoms with van der Waals surface area (Å²) < 4.78 is 16.5. The quantitative estimate of drug-likeness (QED) is 0.310. The van der Waals surface area contributed by atoms with Crippen molar-refractivity contribution in [1.29, 1.82) is 0 Å². The summed E-state index contributed by atoms with van der Waals surface area (Å²) in [6, 6.07) is 5.96. The summed E-state index contributed by atoms with van der Waals surface area (Å²) in [7, 11) is 3.35. The number of hydrogen-bond donors (Lipinski definition) is 2. The molecule has 0 aliphatic carbocycles. The van der Waals surface area contributed by atoms with Crippen LogP contribution in [0.1, 0.15) is 26.3 Å². The van der Waals surface area contributed by atoms with Gasteiger partial charge in [0.1, 0.15) is 6.61 Å². The van der Waals surface area contributed by atoms with Crippen LogP contribution in [-0.4, -0.2) is 71.0 Å². The zero-order valence-corrected chi connectivity index (χ0v) is 17.5. The summed E-state index contributed by atoms with van der Waals surface area (Å²) in [5, 5.41) is 6.46. The number of benzene rings is 1. The summed E-state index contributed by atoms with van der Waals surface area (Å²) in [6.07, 6.45) is 0.